The molecule has 0 saturated heterocycles. The van der Waals surface area contributed by atoms with Gasteiger partial charge in [-0.25, -0.2) is 4.98 Å². The molecule has 2 nitrogen and oxygen atoms in total. The van der Waals surface area contributed by atoms with Crippen molar-refractivity contribution in [2.24, 2.45) is 0 Å². The maximum atomic E-state index is 10.0. The third kappa shape index (κ3) is 2.63. The van der Waals surface area contributed by atoms with E-state index >= 15 is 0 Å². The fourth-order valence-corrected chi connectivity index (χ4v) is 3.42. The number of thiophene rings is 1. The average Bonchev–Trinajstić information content (AvgIpc) is 2.75. The highest BCUT2D eigenvalue weighted by atomic mass is 35.5. The van der Waals surface area contributed by atoms with Crippen molar-refractivity contribution in [1.29, 1.82) is 0 Å². The fraction of sp³-hybridized carbons (Fsp3) is 0.364. The van der Waals surface area contributed by atoms with Gasteiger partial charge in [0.25, 0.3) is 0 Å². The summed E-state index contributed by atoms with van der Waals surface area (Å²) in [5.41, 5.74) is 1.05. The number of rotatable bonds is 3. The zero-order valence-corrected chi connectivity index (χ0v) is 11.4. The summed E-state index contributed by atoms with van der Waals surface area (Å²) in [5.74, 6) is 0. The molecular formula is C11H12ClNOS2. The van der Waals surface area contributed by atoms with E-state index in [9.17, 15) is 5.11 Å². The monoisotopic (exact) mass is 273 g/mol. The van der Waals surface area contributed by atoms with Crippen LogP contribution in [0.2, 0.25) is 4.34 Å². The molecule has 1 N–H and O–H groups in total. The van der Waals surface area contributed by atoms with Gasteiger partial charge < -0.3 is 5.11 Å². The predicted molar refractivity (Wildman–Crippen MR) is 69.6 cm³/mol. The van der Waals surface area contributed by atoms with Crippen LogP contribution in [0.25, 0.3) is 0 Å². The zero-order chi connectivity index (χ0) is 11.7. The SMILES string of the molecule is Cc1nc(CC(O)c2ccc(Cl)s2)sc1C. The predicted octanol–water partition coefficient (Wildman–Crippen LogP) is 3.75. The van der Waals surface area contributed by atoms with Gasteiger partial charge in [-0.15, -0.1) is 22.7 Å². The third-order valence-corrected chi connectivity index (χ3v) is 4.79. The second-order valence-electron chi connectivity index (χ2n) is 3.61. The maximum Gasteiger partial charge on any atom is 0.0960 e. The van der Waals surface area contributed by atoms with Crippen molar-refractivity contribution in [3.05, 3.63) is 36.9 Å². The molecule has 0 bridgehead atoms. The fourth-order valence-electron chi connectivity index (χ4n) is 1.40. The molecule has 16 heavy (non-hydrogen) atoms. The molecule has 0 saturated carbocycles. The minimum atomic E-state index is -0.498. The van der Waals surface area contributed by atoms with E-state index in [2.05, 4.69) is 4.98 Å². The molecule has 2 aromatic heterocycles. The van der Waals surface area contributed by atoms with Gasteiger partial charge in [0.2, 0.25) is 0 Å². The van der Waals surface area contributed by atoms with Crippen LogP contribution in [-0.4, -0.2) is 10.1 Å². The van der Waals surface area contributed by atoms with Crippen LogP contribution < -0.4 is 0 Å². The molecule has 0 aliphatic carbocycles. The molecule has 0 aliphatic heterocycles. The number of hydrogen-bond acceptors (Lipinski definition) is 4. The summed E-state index contributed by atoms with van der Waals surface area (Å²) in [7, 11) is 0. The summed E-state index contributed by atoms with van der Waals surface area (Å²) in [4.78, 5) is 6.53. The van der Waals surface area contributed by atoms with Gasteiger partial charge in [0.1, 0.15) is 0 Å². The average molecular weight is 274 g/mol. The number of aliphatic hydroxyl groups is 1. The second-order valence-corrected chi connectivity index (χ2v) is 6.65. The first-order valence-electron chi connectivity index (χ1n) is 4.92. The number of aliphatic hydroxyl groups excluding tert-OH is 1. The number of aryl methyl sites for hydroxylation is 2. The molecule has 1 atom stereocenters. The van der Waals surface area contributed by atoms with Crippen molar-refractivity contribution in [1.82, 2.24) is 4.98 Å². The van der Waals surface area contributed by atoms with Gasteiger partial charge in [-0.3, -0.25) is 0 Å². The highest BCUT2D eigenvalue weighted by Gasteiger charge is 2.14. The molecule has 2 heterocycles. The molecule has 0 amide bonds. The van der Waals surface area contributed by atoms with Crippen molar-refractivity contribution in [3.8, 4) is 0 Å². The lowest BCUT2D eigenvalue weighted by molar-refractivity contribution is 0.182. The molecule has 0 fully saturated rings. The summed E-state index contributed by atoms with van der Waals surface area (Å²) in [6, 6.07) is 3.67. The van der Waals surface area contributed by atoms with E-state index in [0.717, 1.165) is 15.6 Å². The van der Waals surface area contributed by atoms with Gasteiger partial charge in [0.05, 0.1) is 21.1 Å². The number of hydrogen-bond donors (Lipinski definition) is 1. The van der Waals surface area contributed by atoms with Gasteiger partial charge in [-0.2, -0.15) is 0 Å². The largest absolute Gasteiger partial charge is 0.387 e. The van der Waals surface area contributed by atoms with E-state index in [1.807, 2.05) is 26.0 Å². The Kier molecular flexibility index (Phi) is 3.64. The van der Waals surface area contributed by atoms with Crippen LogP contribution in [0.4, 0.5) is 0 Å². The van der Waals surface area contributed by atoms with Gasteiger partial charge >= 0.3 is 0 Å². The smallest absolute Gasteiger partial charge is 0.0960 e. The van der Waals surface area contributed by atoms with Crippen molar-refractivity contribution in [3.63, 3.8) is 0 Å². The third-order valence-electron chi connectivity index (χ3n) is 2.36. The molecule has 2 rings (SSSR count). The van der Waals surface area contributed by atoms with Crippen LogP contribution in [-0.2, 0) is 6.42 Å². The lowest BCUT2D eigenvalue weighted by atomic mass is 10.2. The molecule has 0 aliphatic rings. The Labute approximate surface area is 108 Å². The van der Waals surface area contributed by atoms with E-state index in [4.69, 9.17) is 11.6 Å². The van der Waals surface area contributed by atoms with Crippen molar-refractivity contribution in [2.75, 3.05) is 0 Å². The standard InChI is InChI=1S/C11H12ClNOS2/c1-6-7(2)15-11(13-6)5-8(14)9-3-4-10(12)16-9/h3-4,8,14H,5H2,1-2H3. The second kappa shape index (κ2) is 4.84. The van der Waals surface area contributed by atoms with Gasteiger partial charge in [0, 0.05) is 16.2 Å². The molecular weight excluding hydrogens is 262 g/mol. The first-order chi connectivity index (χ1) is 7.56. The zero-order valence-electron chi connectivity index (χ0n) is 9.03. The molecule has 2 aromatic rings. The number of nitrogens with zero attached hydrogens (tertiary/aromatic N) is 1. The van der Waals surface area contributed by atoms with Crippen molar-refractivity contribution in [2.45, 2.75) is 26.4 Å². The van der Waals surface area contributed by atoms with Crippen molar-refractivity contribution >= 4 is 34.3 Å². The minimum absolute atomic E-state index is 0.498. The Balaban J connectivity index is 2.10. The molecule has 1 unspecified atom stereocenters. The quantitative estimate of drug-likeness (QED) is 0.924. The van der Waals surface area contributed by atoms with E-state index in [0.29, 0.717) is 10.8 Å². The van der Waals surface area contributed by atoms with E-state index in [-0.39, 0.29) is 0 Å². The molecule has 0 spiro atoms. The molecule has 0 aromatic carbocycles. The minimum Gasteiger partial charge on any atom is -0.387 e. The maximum absolute atomic E-state index is 10.0. The summed E-state index contributed by atoms with van der Waals surface area (Å²) < 4.78 is 0.709. The van der Waals surface area contributed by atoms with E-state index < -0.39 is 6.10 Å². The highest BCUT2D eigenvalue weighted by Crippen LogP contribution is 2.30. The number of halogens is 1. The first kappa shape index (κ1) is 12.0. The van der Waals surface area contributed by atoms with Crippen LogP contribution in [0.5, 0.6) is 0 Å². The van der Waals surface area contributed by atoms with Crippen LogP contribution >= 0.6 is 34.3 Å². The van der Waals surface area contributed by atoms with Gasteiger partial charge in [-0.05, 0) is 26.0 Å². The van der Waals surface area contributed by atoms with Crippen LogP contribution in [0.1, 0.15) is 26.6 Å². The van der Waals surface area contributed by atoms with E-state index in [1.54, 1.807) is 11.3 Å². The van der Waals surface area contributed by atoms with Gasteiger partial charge in [-0.1, -0.05) is 11.6 Å². The summed E-state index contributed by atoms with van der Waals surface area (Å²) in [6.45, 7) is 4.04. The Morgan fingerprint density at radius 1 is 1.38 bits per heavy atom. The Morgan fingerprint density at radius 3 is 2.62 bits per heavy atom. The lowest BCUT2D eigenvalue weighted by Crippen LogP contribution is -1.98. The summed E-state index contributed by atoms with van der Waals surface area (Å²) in [6.07, 6.45) is 0.0679. The van der Waals surface area contributed by atoms with Crippen molar-refractivity contribution < 1.29 is 5.11 Å². The van der Waals surface area contributed by atoms with Crippen LogP contribution in [0.15, 0.2) is 12.1 Å². The van der Waals surface area contributed by atoms with Gasteiger partial charge in [0.15, 0.2) is 0 Å². The highest BCUT2D eigenvalue weighted by molar-refractivity contribution is 7.16. The molecule has 86 valence electrons. The van der Waals surface area contributed by atoms with Crippen LogP contribution in [0.3, 0.4) is 0 Å². The summed E-state index contributed by atoms with van der Waals surface area (Å²) in [5, 5.41) is 11.0. The number of aromatic nitrogens is 1. The normalized spacial score (nSPS) is 13.0. The topological polar surface area (TPSA) is 33.1 Å². The number of thiazole rings is 1. The first-order valence-corrected chi connectivity index (χ1v) is 6.93. The Bertz CT molecular complexity index is 472. The molecule has 0 radical (unpaired) electrons. The Hall–Kier alpha value is -0.420. The van der Waals surface area contributed by atoms with E-state index in [1.165, 1.54) is 16.2 Å². The Morgan fingerprint density at radius 2 is 2.12 bits per heavy atom. The lowest BCUT2D eigenvalue weighted by Gasteiger charge is -2.04. The molecule has 5 heteroatoms. The summed E-state index contributed by atoms with van der Waals surface area (Å²) >= 11 is 8.89. The van der Waals surface area contributed by atoms with Crippen LogP contribution in [0, 0.1) is 13.8 Å².